The number of aryl methyl sites for hydroxylation is 1. The smallest absolute Gasteiger partial charge is 0.191 e. The molecule has 2 atom stereocenters. The molecule has 0 bridgehead atoms. The summed E-state index contributed by atoms with van der Waals surface area (Å²) in [7, 11) is 9.58. The van der Waals surface area contributed by atoms with Crippen molar-refractivity contribution in [2.24, 2.45) is 12.0 Å². The largest absolute Gasteiger partial charge is 0.497 e. The Bertz CT molecular complexity index is 744. The normalized spacial score (nSPS) is 13.6. The van der Waals surface area contributed by atoms with Crippen LogP contribution < -0.4 is 15.4 Å². The summed E-state index contributed by atoms with van der Waals surface area (Å²) in [5.41, 5.74) is 2.50. The zero-order valence-corrected chi connectivity index (χ0v) is 20.7. The molecule has 1 heterocycles. The lowest BCUT2D eigenvalue weighted by atomic mass is 9.98. The van der Waals surface area contributed by atoms with Gasteiger partial charge < -0.3 is 20.3 Å². The highest BCUT2D eigenvalue weighted by Crippen LogP contribution is 2.21. The van der Waals surface area contributed by atoms with Gasteiger partial charge in [-0.15, -0.1) is 24.0 Å². The van der Waals surface area contributed by atoms with Crippen molar-refractivity contribution < 1.29 is 4.74 Å². The summed E-state index contributed by atoms with van der Waals surface area (Å²) in [6.45, 7) is 3.85. The van der Waals surface area contributed by atoms with Gasteiger partial charge in [-0.1, -0.05) is 19.1 Å². The minimum atomic E-state index is 0. The molecule has 1 aromatic heterocycles. The highest BCUT2D eigenvalue weighted by atomic mass is 127. The molecule has 7 nitrogen and oxygen atoms in total. The molecule has 0 amide bonds. The molecule has 29 heavy (non-hydrogen) atoms. The Morgan fingerprint density at radius 2 is 1.90 bits per heavy atom. The van der Waals surface area contributed by atoms with E-state index in [1.165, 1.54) is 11.1 Å². The molecule has 0 aliphatic carbocycles. The fraction of sp³-hybridized carbons (Fsp3) is 0.524. The van der Waals surface area contributed by atoms with Crippen molar-refractivity contribution in [3.8, 4) is 5.75 Å². The minimum absolute atomic E-state index is 0. The summed E-state index contributed by atoms with van der Waals surface area (Å²) >= 11 is 0. The number of ether oxygens (including phenoxy) is 1. The van der Waals surface area contributed by atoms with Gasteiger partial charge in [0.2, 0.25) is 0 Å². The van der Waals surface area contributed by atoms with Gasteiger partial charge >= 0.3 is 0 Å². The van der Waals surface area contributed by atoms with E-state index in [1.54, 1.807) is 14.2 Å². The third-order valence-corrected chi connectivity index (χ3v) is 4.97. The number of benzene rings is 1. The lowest BCUT2D eigenvalue weighted by Gasteiger charge is -2.24. The van der Waals surface area contributed by atoms with E-state index in [9.17, 15) is 0 Å². The quantitative estimate of drug-likeness (QED) is 0.306. The van der Waals surface area contributed by atoms with Crippen LogP contribution in [-0.4, -0.2) is 62.0 Å². The maximum absolute atomic E-state index is 5.23. The van der Waals surface area contributed by atoms with Gasteiger partial charge in [-0.3, -0.25) is 9.67 Å². The lowest BCUT2D eigenvalue weighted by Crippen LogP contribution is -2.42. The second kappa shape index (κ2) is 12.7. The third-order valence-electron chi connectivity index (χ3n) is 4.97. The molecule has 0 saturated carbocycles. The monoisotopic (exact) mass is 514 g/mol. The molecular formula is C21H35IN6O. The number of aromatic nitrogens is 2. The fourth-order valence-electron chi connectivity index (χ4n) is 3.13. The number of guanidine groups is 1. The number of hydrogen-bond acceptors (Lipinski definition) is 4. The molecule has 0 aliphatic heterocycles. The van der Waals surface area contributed by atoms with E-state index in [-0.39, 0.29) is 30.0 Å². The van der Waals surface area contributed by atoms with Crippen molar-refractivity contribution in [3.63, 3.8) is 0 Å². The van der Waals surface area contributed by atoms with E-state index in [0.29, 0.717) is 5.92 Å². The Labute approximate surface area is 191 Å². The highest BCUT2D eigenvalue weighted by Gasteiger charge is 2.16. The number of methoxy groups -OCH3 is 1. The van der Waals surface area contributed by atoms with E-state index in [0.717, 1.165) is 31.2 Å². The van der Waals surface area contributed by atoms with Gasteiger partial charge in [-0.2, -0.15) is 5.10 Å². The van der Waals surface area contributed by atoms with Gasteiger partial charge in [-0.25, -0.2) is 0 Å². The Morgan fingerprint density at radius 3 is 2.41 bits per heavy atom. The molecule has 0 fully saturated rings. The Kier molecular flexibility index (Phi) is 11.0. The van der Waals surface area contributed by atoms with Gasteiger partial charge in [0, 0.05) is 38.9 Å². The van der Waals surface area contributed by atoms with Crippen molar-refractivity contribution >= 4 is 29.9 Å². The van der Waals surface area contributed by atoms with E-state index in [1.807, 2.05) is 30.1 Å². The molecule has 162 valence electrons. The molecule has 0 radical (unpaired) electrons. The standard InChI is InChI=1S/C21H34N6O.HI/c1-16(17-7-9-19(28-6)10-8-17)11-12-23-21(22-2)24-14-20(26(3)4)18-13-25-27(5)15-18;/h7-10,13,15-16,20H,11-12,14H2,1-6H3,(H2,22,23,24);1H. The van der Waals surface area contributed by atoms with Crippen LogP contribution in [0.3, 0.4) is 0 Å². The van der Waals surface area contributed by atoms with E-state index in [2.05, 4.69) is 65.0 Å². The number of halogens is 1. The second-order valence-electron chi connectivity index (χ2n) is 7.27. The summed E-state index contributed by atoms with van der Waals surface area (Å²) in [6.07, 6.45) is 4.99. The molecular weight excluding hydrogens is 479 g/mol. The van der Waals surface area contributed by atoms with Crippen molar-refractivity contribution in [3.05, 3.63) is 47.8 Å². The summed E-state index contributed by atoms with van der Waals surface area (Å²) in [5.74, 6) is 2.17. The Balaban J connectivity index is 0.00000420. The van der Waals surface area contributed by atoms with Gasteiger partial charge in [0.05, 0.1) is 19.3 Å². The molecule has 0 aliphatic rings. The van der Waals surface area contributed by atoms with Crippen LogP contribution in [0.15, 0.2) is 41.7 Å². The number of aliphatic imine (C=N–C) groups is 1. The predicted molar refractivity (Wildman–Crippen MR) is 130 cm³/mol. The summed E-state index contributed by atoms with van der Waals surface area (Å²) in [4.78, 5) is 6.53. The van der Waals surface area contributed by atoms with Crippen molar-refractivity contribution in [2.75, 3.05) is 41.3 Å². The first-order chi connectivity index (χ1) is 13.4. The molecule has 0 saturated heterocycles. The van der Waals surface area contributed by atoms with Crippen LogP contribution in [0.5, 0.6) is 5.75 Å². The van der Waals surface area contributed by atoms with Crippen LogP contribution in [0.2, 0.25) is 0 Å². The summed E-state index contributed by atoms with van der Waals surface area (Å²) in [5, 5.41) is 11.1. The second-order valence-corrected chi connectivity index (χ2v) is 7.27. The fourth-order valence-corrected chi connectivity index (χ4v) is 3.13. The maximum atomic E-state index is 5.23. The first kappa shape index (κ1) is 25.2. The molecule has 2 aromatic rings. The molecule has 0 spiro atoms. The van der Waals surface area contributed by atoms with Crippen LogP contribution in [0.4, 0.5) is 0 Å². The van der Waals surface area contributed by atoms with Crippen LogP contribution >= 0.6 is 24.0 Å². The average molecular weight is 514 g/mol. The summed E-state index contributed by atoms with van der Waals surface area (Å²) in [6, 6.07) is 8.52. The molecule has 2 rings (SSSR count). The predicted octanol–water partition coefficient (Wildman–Crippen LogP) is 3.01. The number of rotatable bonds is 9. The van der Waals surface area contributed by atoms with Gasteiger partial charge in [0.25, 0.3) is 0 Å². The van der Waals surface area contributed by atoms with E-state index < -0.39 is 0 Å². The van der Waals surface area contributed by atoms with Crippen molar-refractivity contribution in [2.45, 2.75) is 25.3 Å². The van der Waals surface area contributed by atoms with Crippen LogP contribution in [0.25, 0.3) is 0 Å². The number of hydrogen-bond donors (Lipinski definition) is 2. The van der Waals surface area contributed by atoms with Crippen molar-refractivity contribution in [1.29, 1.82) is 0 Å². The maximum Gasteiger partial charge on any atom is 0.191 e. The molecule has 8 heteroatoms. The number of nitrogens with one attached hydrogen (secondary N) is 2. The average Bonchev–Trinajstić information content (AvgIpc) is 3.12. The molecule has 2 N–H and O–H groups in total. The number of nitrogens with zero attached hydrogens (tertiary/aromatic N) is 4. The van der Waals surface area contributed by atoms with Gasteiger partial charge in [0.15, 0.2) is 5.96 Å². The SMILES string of the molecule is CN=C(NCCC(C)c1ccc(OC)cc1)NCC(c1cnn(C)c1)N(C)C.I. The highest BCUT2D eigenvalue weighted by molar-refractivity contribution is 14.0. The van der Waals surface area contributed by atoms with Gasteiger partial charge in [0.1, 0.15) is 5.75 Å². The number of likely N-dealkylation sites (N-methyl/N-ethyl adjacent to an activating group) is 1. The first-order valence-electron chi connectivity index (χ1n) is 9.68. The summed E-state index contributed by atoms with van der Waals surface area (Å²) < 4.78 is 7.06. The zero-order valence-electron chi connectivity index (χ0n) is 18.3. The van der Waals surface area contributed by atoms with Gasteiger partial charge in [-0.05, 0) is 44.1 Å². The molecule has 1 aromatic carbocycles. The first-order valence-corrected chi connectivity index (χ1v) is 9.68. The lowest BCUT2D eigenvalue weighted by molar-refractivity contribution is 0.298. The zero-order chi connectivity index (χ0) is 20.5. The van der Waals surface area contributed by atoms with Crippen molar-refractivity contribution in [1.82, 2.24) is 25.3 Å². The Hall–Kier alpha value is -1.81. The van der Waals surface area contributed by atoms with E-state index in [4.69, 9.17) is 4.74 Å². The Morgan fingerprint density at radius 1 is 1.21 bits per heavy atom. The van der Waals surface area contributed by atoms with E-state index >= 15 is 0 Å². The van der Waals surface area contributed by atoms with Crippen LogP contribution in [-0.2, 0) is 7.05 Å². The molecule has 2 unspecified atom stereocenters. The third kappa shape index (κ3) is 7.85. The van der Waals surface area contributed by atoms with Crippen LogP contribution in [0, 0.1) is 0 Å². The van der Waals surface area contributed by atoms with Crippen LogP contribution in [0.1, 0.15) is 36.4 Å². The minimum Gasteiger partial charge on any atom is -0.497 e. The topological polar surface area (TPSA) is 66.7 Å².